The number of aromatic nitrogens is 6. The molecule has 2 aromatic carbocycles. The molecule has 0 spiro atoms. The molecule has 0 radical (unpaired) electrons. The van der Waals surface area contributed by atoms with Crippen LogP contribution in [0.25, 0.3) is 44.9 Å². The van der Waals surface area contributed by atoms with Gasteiger partial charge in [-0.1, -0.05) is 17.3 Å². The molecule has 0 fully saturated rings. The quantitative estimate of drug-likeness (QED) is 0.431. The fraction of sp³-hybridized carbons (Fsp3) is 0.0435. The van der Waals surface area contributed by atoms with Gasteiger partial charge in [0.1, 0.15) is 23.6 Å². The molecule has 6 rings (SSSR count). The summed E-state index contributed by atoms with van der Waals surface area (Å²) in [5.74, 6) is -1.20. The molecule has 0 amide bonds. The summed E-state index contributed by atoms with van der Waals surface area (Å²) in [5.41, 5.74) is 3.73. The number of rotatable bonds is 4. The first-order valence-corrected chi connectivity index (χ1v) is 9.82. The highest BCUT2D eigenvalue weighted by atomic mass is 19.2. The zero-order valence-electron chi connectivity index (χ0n) is 16.5. The van der Waals surface area contributed by atoms with Crippen LogP contribution in [0, 0.1) is 11.6 Å². The van der Waals surface area contributed by atoms with E-state index in [1.165, 1.54) is 18.3 Å². The van der Waals surface area contributed by atoms with Gasteiger partial charge in [-0.25, -0.2) is 18.7 Å². The van der Waals surface area contributed by atoms with Crippen molar-refractivity contribution in [3.63, 3.8) is 0 Å². The standard InChI is InChI=1S/C23H14F2N6O/c24-17-3-1-2-16(22(17)25)23-28-20-10-27-31(12-21(20)29-23)11-15-9-19(30-32-15)13-4-5-18-14(8-13)6-7-26-18/h1-10,12,26H,11H2. The first kappa shape index (κ1) is 18.4. The van der Waals surface area contributed by atoms with Crippen LogP contribution in [0.3, 0.4) is 0 Å². The maximum Gasteiger partial charge on any atom is 0.169 e. The molecule has 32 heavy (non-hydrogen) atoms. The van der Waals surface area contributed by atoms with E-state index in [4.69, 9.17) is 4.52 Å². The van der Waals surface area contributed by atoms with E-state index < -0.39 is 11.6 Å². The number of halogens is 2. The molecule has 9 heteroatoms. The highest BCUT2D eigenvalue weighted by molar-refractivity contribution is 5.84. The molecule has 0 saturated heterocycles. The Hall–Kier alpha value is -4.40. The Bertz CT molecular complexity index is 1550. The van der Waals surface area contributed by atoms with Crippen molar-refractivity contribution in [2.75, 3.05) is 0 Å². The molecule has 0 bridgehead atoms. The van der Waals surface area contributed by atoms with E-state index in [-0.39, 0.29) is 11.4 Å². The van der Waals surface area contributed by atoms with Crippen molar-refractivity contribution in [1.82, 2.24) is 29.9 Å². The van der Waals surface area contributed by atoms with Gasteiger partial charge in [0.25, 0.3) is 0 Å². The van der Waals surface area contributed by atoms with Crippen molar-refractivity contribution >= 4 is 10.9 Å². The fourth-order valence-corrected chi connectivity index (χ4v) is 3.64. The molecule has 2 aromatic heterocycles. The van der Waals surface area contributed by atoms with Crippen molar-refractivity contribution in [3.8, 4) is 34.0 Å². The van der Waals surface area contributed by atoms with Crippen LogP contribution in [0.2, 0.25) is 0 Å². The third kappa shape index (κ3) is 3.11. The van der Waals surface area contributed by atoms with Crippen LogP contribution in [0.5, 0.6) is 0 Å². The molecular weight excluding hydrogens is 414 g/mol. The van der Waals surface area contributed by atoms with Crippen LogP contribution in [-0.2, 0) is 6.54 Å². The molecule has 2 aliphatic heterocycles. The van der Waals surface area contributed by atoms with Gasteiger partial charge in [-0.15, -0.1) is 0 Å². The monoisotopic (exact) mass is 428 g/mol. The predicted molar refractivity (Wildman–Crippen MR) is 113 cm³/mol. The number of nitrogens with zero attached hydrogens (tertiary/aromatic N) is 5. The zero-order valence-corrected chi connectivity index (χ0v) is 16.5. The summed E-state index contributed by atoms with van der Waals surface area (Å²) in [5, 5.41) is 9.58. The number of hydrogen-bond acceptors (Lipinski definition) is 5. The van der Waals surface area contributed by atoms with Crippen molar-refractivity contribution in [2.24, 2.45) is 0 Å². The highest BCUT2D eigenvalue weighted by Crippen LogP contribution is 2.27. The summed E-state index contributed by atoms with van der Waals surface area (Å²) in [4.78, 5) is 11.8. The first-order chi connectivity index (χ1) is 15.6. The molecule has 4 heterocycles. The topological polar surface area (TPSA) is 85.4 Å². The van der Waals surface area contributed by atoms with Gasteiger partial charge in [0.2, 0.25) is 0 Å². The average molecular weight is 428 g/mol. The van der Waals surface area contributed by atoms with Crippen LogP contribution in [0.4, 0.5) is 8.78 Å². The third-order valence-corrected chi connectivity index (χ3v) is 5.23. The highest BCUT2D eigenvalue weighted by Gasteiger charge is 2.18. The Morgan fingerprint density at radius 1 is 0.969 bits per heavy atom. The summed E-state index contributed by atoms with van der Waals surface area (Å²) in [6, 6.07) is 13.8. The lowest BCUT2D eigenvalue weighted by atomic mass is 10.1. The Morgan fingerprint density at radius 2 is 1.88 bits per heavy atom. The molecule has 7 nitrogen and oxygen atoms in total. The van der Waals surface area contributed by atoms with E-state index in [1.54, 1.807) is 10.9 Å². The molecule has 0 unspecified atom stereocenters. The van der Waals surface area contributed by atoms with E-state index in [9.17, 15) is 8.78 Å². The Morgan fingerprint density at radius 3 is 2.81 bits per heavy atom. The number of aromatic amines is 1. The summed E-state index contributed by atoms with van der Waals surface area (Å²) in [7, 11) is 0. The van der Waals surface area contributed by atoms with E-state index in [2.05, 4.69) is 25.2 Å². The van der Waals surface area contributed by atoms with Crippen LogP contribution in [0.1, 0.15) is 5.76 Å². The minimum absolute atomic E-state index is 0.00650. The summed E-state index contributed by atoms with van der Waals surface area (Å²) < 4.78 is 34.8. The van der Waals surface area contributed by atoms with Crippen LogP contribution in [-0.4, -0.2) is 29.9 Å². The smallest absolute Gasteiger partial charge is 0.169 e. The number of H-pyrrole nitrogens is 1. The van der Waals surface area contributed by atoms with Crippen LogP contribution < -0.4 is 0 Å². The lowest BCUT2D eigenvalue weighted by molar-refractivity contribution is 0.372. The largest absolute Gasteiger partial charge is 0.361 e. The normalized spacial score (nSPS) is 11.6. The third-order valence-electron chi connectivity index (χ3n) is 5.23. The van der Waals surface area contributed by atoms with Crippen LogP contribution in [0.15, 0.2) is 71.6 Å². The van der Waals surface area contributed by atoms with Gasteiger partial charge in [-0.2, -0.15) is 5.10 Å². The summed E-state index contributed by atoms with van der Waals surface area (Å²) >= 11 is 0. The second-order valence-corrected chi connectivity index (χ2v) is 7.35. The zero-order chi connectivity index (χ0) is 21.7. The number of benzene rings is 2. The average Bonchev–Trinajstić information content (AvgIpc) is 3.54. The molecule has 0 atom stereocenters. The molecule has 2 aliphatic rings. The molecule has 0 aliphatic carbocycles. The van der Waals surface area contributed by atoms with Crippen molar-refractivity contribution < 1.29 is 13.3 Å². The van der Waals surface area contributed by atoms with Gasteiger partial charge < -0.3 is 9.51 Å². The Labute approximate surface area is 179 Å². The molecule has 0 saturated carbocycles. The number of imidazole rings is 1. The van der Waals surface area contributed by atoms with Crippen molar-refractivity contribution in [2.45, 2.75) is 6.54 Å². The van der Waals surface area contributed by atoms with Gasteiger partial charge in [-0.3, -0.25) is 4.68 Å². The molecule has 1 N–H and O–H groups in total. The summed E-state index contributed by atoms with van der Waals surface area (Å²) in [6.07, 6.45) is 5.10. The van der Waals surface area contributed by atoms with E-state index >= 15 is 0 Å². The minimum Gasteiger partial charge on any atom is -0.361 e. The van der Waals surface area contributed by atoms with Gasteiger partial charge in [-0.05, 0) is 30.3 Å². The maximum atomic E-state index is 14.1. The number of hydrogen-bond donors (Lipinski definition) is 1. The second kappa shape index (κ2) is 7.09. The molecule has 4 aromatic rings. The van der Waals surface area contributed by atoms with Crippen molar-refractivity contribution in [1.29, 1.82) is 0 Å². The Balaban J connectivity index is 1.28. The minimum atomic E-state index is -0.976. The first-order valence-electron chi connectivity index (χ1n) is 9.82. The van der Waals surface area contributed by atoms with Crippen LogP contribution >= 0.6 is 0 Å². The Kier molecular flexibility index (Phi) is 4.07. The van der Waals surface area contributed by atoms with Gasteiger partial charge in [0.05, 0.1) is 18.0 Å². The maximum absolute atomic E-state index is 14.1. The number of fused-ring (bicyclic) bond motifs is 2. The van der Waals surface area contributed by atoms with Crippen molar-refractivity contribution in [3.05, 3.63) is 84.5 Å². The fourth-order valence-electron chi connectivity index (χ4n) is 3.64. The lowest BCUT2D eigenvalue weighted by Crippen LogP contribution is -2.04. The SMILES string of the molecule is Fc1cccc(-c2nc3cnn(Cc4cc(-c5ccc6[nH]ccc6c5)no4)cc-3n2)c1F. The van der Waals surface area contributed by atoms with E-state index in [1.807, 2.05) is 36.5 Å². The lowest BCUT2D eigenvalue weighted by Gasteiger charge is -2.03. The molecule has 156 valence electrons. The van der Waals surface area contributed by atoms with E-state index in [0.717, 1.165) is 28.2 Å². The van der Waals surface area contributed by atoms with Gasteiger partial charge in [0.15, 0.2) is 23.2 Å². The predicted octanol–water partition coefficient (Wildman–Crippen LogP) is 4.91. The second-order valence-electron chi connectivity index (χ2n) is 7.35. The molecular formula is C23H14F2N6O. The summed E-state index contributed by atoms with van der Waals surface area (Å²) in [6.45, 7) is 0.325. The van der Waals surface area contributed by atoms with Gasteiger partial charge >= 0.3 is 0 Å². The number of nitrogens with one attached hydrogen (secondary N) is 1. The van der Waals surface area contributed by atoms with Gasteiger partial charge in [0, 0.05) is 28.7 Å². The van der Waals surface area contributed by atoms with E-state index in [0.29, 0.717) is 23.7 Å².